The van der Waals surface area contributed by atoms with Crippen LogP contribution >= 0.6 is 0 Å². The average Bonchev–Trinajstić information content (AvgIpc) is 2.66. The summed E-state index contributed by atoms with van der Waals surface area (Å²) < 4.78 is 15.9. The number of carbonyl (C=O) groups excluding carboxylic acids is 1. The lowest BCUT2D eigenvalue weighted by Gasteiger charge is -2.17. The van der Waals surface area contributed by atoms with Crippen LogP contribution in [-0.2, 0) is 11.2 Å². The molecule has 0 heterocycles. The number of amides is 1. The summed E-state index contributed by atoms with van der Waals surface area (Å²) in [6.07, 6.45) is 0.197. The molecule has 136 valence electrons. The van der Waals surface area contributed by atoms with Gasteiger partial charge in [0, 0.05) is 0 Å². The number of rotatable bonds is 7. The number of carbonyl (C=O) groups is 1. The normalized spacial score (nSPS) is 11.2. The van der Waals surface area contributed by atoms with E-state index in [-0.39, 0.29) is 12.3 Å². The Morgan fingerprint density at radius 3 is 2.12 bits per heavy atom. The van der Waals surface area contributed by atoms with Crippen molar-refractivity contribution in [3.05, 3.63) is 53.1 Å². The van der Waals surface area contributed by atoms with E-state index in [2.05, 4.69) is 11.4 Å². The van der Waals surface area contributed by atoms with E-state index < -0.39 is 6.04 Å². The van der Waals surface area contributed by atoms with Gasteiger partial charge in [-0.15, -0.1) is 0 Å². The Bertz CT molecular complexity index is 785. The van der Waals surface area contributed by atoms with Crippen molar-refractivity contribution in [1.29, 1.82) is 5.26 Å². The highest BCUT2D eigenvalue weighted by Gasteiger charge is 2.20. The molecule has 0 spiro atoms. The van der Waals surface area contributed by atoms with Gasteiger partial charge in [-0.1, -0.05) is 29.8 Å². The first-order valence-electron chi connectivity index (χ1n) is 8.06. The van der Waals surface area contributed by atoms with Gasteiger partial charge in [-0.05, 0) is 30.2 Å². The van der Waals surface area contributed by atoms with Crippen LogP contribution < -0.4 is 19.5 Å². The molecule has 0 aliphatic heterocycles. The Labute approximate surface area is 153 Å². The molecule has 0 saturated carbocycles. The third-order valence-electron chi connectivity index (χ3n) is 3.94. The topological polar surface area (TPSA) is 80.6 Å². The van der Waals surface area contributed by atoms with Gasteiger partial charge in [0.05, 0.1) is 33.8 Å². The smallest absolute Gasteiger partial charge is 0.225 e. The zero-order chi connectivity index (χ0) is 19.1. The molecule has 6 nitrogen and oxygen atoms in total. The maximum atomic E-state index is 12.3. The minimum Gasteiger partial charge on any atom is -0.493 e. The average molecular weight is 354 g/mol. The lowest BCUT2D eigenvalue weighted by Crippen LogP contribution is -2.29. The molecule has 0 aliphatic carbocycles. The van der Waals surface area contributed by atoms with Gasteiger partial charge in [0.15, 0.2) is 11.5 Å². The molecule has 0 aliphatic rings. The Balaban J connectivity index is 2.21. The van der Waals surface area contributed by atoms with Gasteiger partial charge in [0.2, 0.25) is 11.7 Å². The van der Waals surface area contributed by atoms with Crippen molar-refractivity contribution in [2.75, 3.05) is 21.3 Å². The van der Waals surface area contributed by atoms with E-state index in [1.807, 2.05) is 31.2 Å². The molecule has 26 heavy (non-hydrogen) atoms. The summed E-state index contributed by atoms with van der Waals surface area (Å²) in [6.45, 7) is 1.99. The lowest BCUT2D eigenvalue weighted by molar-refractivity contribution is -0.120. The molecule has 2 rings (SSSR count). The first kappa shape index (κ1) is 19.1. The van der Waals surface area contributed by atoms with Crippen LogP contribution in [0.15, 0.2) is 36.4 Å². The Morgan fingerprint density at radius 2 is 1.65 bits per heavy atom. The number of aryl methyl sites for hydroxylation is 1. The molecule has 0 radical (unpaired) electrons. The number of nitrogens with zero attached hydrogens (tertiary/aromatic N) is 1. The minimum atomic E-state index is -0.832. The number of hydrogen-bond acceptors (Lipinski definition) is 5. The van der Waals surface area contributed by atoms with Gasteiger partial charge in [0.25, 0.3) is 0 Å². The van der Waals surface area contributed by atoms with Crippen molar-refractivity contribution < 1.29 is 19.0 Å². The molecular formula is C20H22N2O4. The van der Waals surface area contributed by atoms with Crippen molar-refractivity contribution in [3.8, 4) is 23.3 Å². The second kappa shape index (κ2) is 8.77. The molecule has 1 atom stereocenters. The summed E-state index contributed by atoms with van der Waals surface area (Å²) >= 11 is 0. The van der Waals surface area contributed by atoms with Crippen molar-refractivity contribution in [2.24, 2.45) is 0 Å². The van der Waals surface area contributed by atoms with Crippen LogP contribution in [-0.4, -0.2) is 27.2 Å². The molecule has 1 unspecified atom stereocenters. The maximum Gasteiger partial charge on any atom is 0.225 e. The van der Waals surface area contributed by atoms with Gasteiger partial charge in [-0.25, -0.2) is 0 Å². The predicted octanol–water partition coefficient (Wildman–Crippen LogP) is 2.94. The summed E-state index contributed by atoms with van der Waals surface area (Å²) in [4.78, 5) is 12.3. The van der Waals surface area contributed by atoms with Crippen molar-refractivity contribution in [2.45, 2.75) is 19.4 Å². The number of nitriles is 1. The number of hydrogen-bond donors (Lipinski definition) is 1. The van der Waals surface area contributed by atoms with E-state index in [1.54, 1.807) is 12.1 Å². The van der Waals surface area contributed by atoms with E-state index in [0.717, 1.165) is 11.1 Å². The second-order valence-corrected chi connectivity index (χ2v) is 5.75. The third-order valence-corrected chi connectivity index (χ3v) is 3.94. The number of benzene rings is 2. The first-order valence-corrected chi connectivity index (χ1v) is 8.06. The fourth-order valence-electron chi connectivity index (χ4n) is 2.56. The predicted molar refractivity (Wildman–Crippen MR) is 97.5 cm³/mol. The Hall–Kier alpha value is -3.20. The second-order valence-electron chi connectivity index (χ2n) is 5.75. The molecule has 6 heteroatoms. The summed E-state index contributed by atoms with van der Waals surface area (Å²) in [7, 11) is 4.50. The molecule has 2 aromatic carbocycles. The van der Waals surface area contributed by atoms with Crippen LogP contribution in [0.3, 0.4) is 0 Å². The number of nitrogens with one attached hydrogen (secondary N) is 1. The van der Waals surface area contributed by atoms with Crippen molar-refractivity contribution in [3.63, 3.8) is 0 Å². The maximum absolute atomic E-state index is 12.3. The molecule has 0 aromatic heterocycles. The molecule has 1 N–H and O–H groups in total. The highest BCUT2D eigenvalue weighted by atomic mass is 16.5. The van der Waals surface area contributed by atoms with E-state index in [9.17, 15) is 10.1 Å². The summed E-state index contributed by atoms with van der Waals surface area (Å²) in [5, 5.41) is 12.2. The quantitative estimate of drug-likeness (QED) is 0.827. The summed E-state index contributed by atoms with van der Waals surface area (Å²) in [5.41, 5.74) is 2.57. The van der Waals surface area contributed by atoms with Gasteiger partial charge in [0.1, 0.15) is 6.04 Å². The Kier molecular flexibility index (Phi) is 6.45. The first-order chi connectivity index (χ1) is 12.5. The van der Waals surface area contributed by atoms with Crippen LogP contribution in [0, 0.1) is 18.3 Å². The van der Waals surface area contributed by atoms with Crippen LogP contribution in [0.4, 0.5) is 0 Å². The molecule has 1 amide bonds. The fourth-order valence-corrected chi connectivity index (χ4v) is 2.56. The molecule has 0 fully saturated rings. The third kappa shape index (κ3) is 4.45. The highest BCUT2D eigenvalue weighted by molar-refractivity contribution is 5.79. The van der Waals surface area contributed by atoms with Crippen molar-refractivity contribution in [1.82, 2.24) is 5.32 Å². The van der Waals surface area contributed by atoms with Crippen LogP contribution in [0.5, 0.6) is 17.2 Å². The Morgan fingerprint density at radius 1 is 1.08 bits per heavy atom. The van der Waals surface area contributed by atoms with Gasteiger partial charge in [-0.3, -0.25) is 4.79 Å². The highest BCUT2D eigenvalue weighted by Crippen LogP contribution is 2.39. The van der Waals surface area contributed by atoms with Crippen LogP contribution in [0.2, 0.25) is 0 Å². The summed E-state index contributed by atoms with van der Waals surface area (Å²) in [6, 6.07) is 12.3. The molecule has 0 saturated heterocycles. The minimum absolute atomic E-state index is 0.197. The van der Waals surface area contributed by atoms with Gasteiger partial charge in [-0.2, -0.15) is 5.26 Å². The largest absolute Gasteiger partial charge is 0.493 e. The van der Waals surface area contributed by atoms with Crippen LogP contribution in [0.25, 0.3) is 0 Å². The van der Waals surface area contributed by atoms with E-state index in [0.29, 0.717) is 22.8 Å². The van der Waals surface area contributed by atoms with Crippen molar-refractivity contribution >= 4 is 5.91 Å². The summed E-state index contributed by atoms with van der Waals surface area (Å²) in [5.74, 6) is 1.04. The molecule has 2 aromatic rings. The van der Waals surface area contributed by atoms with E-state index in [1.165, 1.54) is 21.3 Å². The standard InChI is InChI=1S/C20H22N2O4/c1-13-5-7-14(8-6-13)9-19(23)22-16(12-21)15-10-17(24-2)20(26-4)18(11-15)25-3/h5-8,10-11,16H,9H2,1-4H3,(H,22,23). The van der Waals surface area contributed by atoms with Gasteiger partial charge < -0.3 is 19.5 Å². The number of ether oxygens (including phenoxy) is 3. The fraction of sp³-hybridized carbons (Fsp3) is 0.300. The van der Waals surface area contributed by atoms with Gasteiger partial charge >= 0.3 is 0 Å². The zero-order valence-corrected chi connectivity index (χ0v) is 15.3. The van der Waals surface area contributed by atoms with E-state index in [4.69, 9.17) is 14.2 Å². The van der Waals surface area contributed by atoms with Crippen LogP contribution in [0.1, 0.15) is 22.7 Å². The lowest BCUT2D eigenvalue weighted by atomic mass is 10.1. The molecular weight excluding hydrogens is 332 g/mol. The monoisotopic (exact) mass is 354 g/mol. The van der Waals surface area contributed by atoms with E-state index >= 15 is 0 Å². The SMILES string of the molecule is COc1cc(C(C#N)NC(=O)Cc2ccc(C)cc2)cc(OC)c1OC. The molecule has 0 bridgehead atoms. The number of methoxy groups -OCH3 is 3. The zero-order valence-electron chi connectivity index (χ0n) is 15.3.